The average molecular weight is 277 g/mol. The second kappa shape index (κ2) is 8.03. The van der Waals surface area contributed by atoms with Gasteiger partial charge in [-0.1, -0.05) is 25.7 Å². The van der Waals surface area contributed by atoms with Crippen molar-refractivity contribution in [2.75, 3.05) is 25.6 Å². The van der Waals surface area contributed by atoms with Crippen molar-refractivity contribution in [1.29, 1.82) is 0 Å². The summed E-state index contributed by atoms with van der Waals surface area (Å²) >= 11 is 0. The van der Waals surface area contributed by atoms with Gasteiger partial charge in [-0.2, -0.15) is 0 Å². The standard InChI is InChI=1S/C17H27NO2/c1-3-20-17-12-15(10-11-16(17)19-2)18-13-14-8-6-4-5-7-9-14/h10-12,14,18H,3-9,13H2,1-2H3. The first kappa shape index (κ1) is 15.0. The molecule has 112 valence electrons. The second-order valence-corrected chi connectivity index (χ2v) is 5.54. The summed E-state index contributed by atoms with van der Waals surface area (Å²) in [5, 5.41) is 3.56. The molecule has 1 N–H and O–H groups in total. The number of anilines is 1. The number of methoxy groups -OCH3 is 1. The molecule has 1 aliphatic carbocycles. The Morgan fingerprint density at radius 1 is 1.10 bits per heavy atom. The lowest BCUT2D eigenvalue weighted by molar-refractivity contribution is 0.311. The van der Waals surface area contributed by atoms with Crippen LogP contribution in [0, 0.1) is 5.92 Å². The van der Waals surface area contributed by atoms with E-state index in [1.165, 1.54) is 38.5 Å². The fraction of sp³-hybridized carbons (Fsp3) is 0.647. The normalized spacial score (nSPS) is 16.5. The SMILES string of the molecule is CCOc1cc(NCC2CCCCCC2)ccc1OC. The first-order valence-corrected chi connectivity index (χ1v) is 7.88. The molecule has 0 spiro atoms. The number of ether oxygens (including phenoxy) is 2. The predicted molar refractivity (Wildman–Crippen MR) is 83.8 cm³/mol. The zero-order valence-corrected chi connectivity index (χ0v) is 12.8. The Kier molecular flexibility index (Phi) is 6.03. The van der Waals surface area contributed by atoms with Gasteiger partial charge in [0.15, 0.2) is 11.5 Å². The van der Waals surface area contributed by atoms with Crippen molar-refractivity contribution < 1.29 is 9.47 Å². The van der Waals surface area contributed by atoms with Crippen LogP contribution >= 0.6 is 0 Å². The van der Waals surface area contributed by atoms with Gasteiger partial charge in [-0.25, -0.2) is 0 Å². The summed E-state index contributed by atoms with van der Waals surface area (Å²) in [6.07, 6.45) is 8.32. The van der Waals surface area contributed by atoms with Crippen LogP contribution in [0.2, 0.25) is 0 Å². The average Bonchev–Trinajstić information content (AvgIpc) is 2.74. The van der Waals surface area contributed by atoms with Crippen LogP contribution in [0.4, 0.5) is 5.69 Å². The van der Waals surface area contributed by atoms with Gasteiger partial charge in [0.25, 0.3) is 0 Å². The fourth-order valence-electron chi connectivity index (χ4n) is 2.89. The molecule has 0 heterocycles. The van der Waals surface area contributed by atoms with E-state index in [1.807, 2.05) is 19.1 Å². The minimum absolute atomic E-state index is 0.655. The molecule has 0 unspecified atom stereocenters. The van der Waals surface area contributed by atoms with E-state index in [9.17, 15) is 0 Å². The summed E-state index contributed by atoms with van der Waals surface area (Å²) in [6, 6.07) is 6.08. The van der Waals surface area contributed by atoms with E-state index >= 15 is 0 Å². The molecule has 0 bridgehead atoms. The summed E-state index contributed by atoms with van der Waals surface area (Å²) in [5.41, 5.74) is 1.12. The molecule has 0 aliphatic heterocycles. The van der Waals surface area contributed by atoms with E-state index in [0.717, 1.165) is 29.6 Å². The highest BCUT2D eigenvalue weighted by Gasteiger charge is 2.12. The van der Waals surface area contributed by atoms with Crippen LogP contribution < -0.4 is 14.8 Å². The first-order chi connectivity index (χ1) is 9.83. The van der Waals surface area contributed by atoms with Crippen LogP contribution in [0.15, 0.2) is 18.2 Å². The summed E-state index contributed by atoms with van der Waals surface area (Å²) in [5.74, 6) is 2.43. The number of hydrogen-bond donors (Lipinski definition) is 1. The highest BCUT2D eigenvalue weighted by Crippen LogP contribution is 2.31. The summed E-state index contributed by atoms with van der Waals surface area (Å²) < 4.78 is 10.9. The maximum atomic E-state index is 5.62. The van der Waals surface area contributed by atoms with Crippen molar-refractivity contribution in [2.45, 2.75) is 45.4 Å². The smallest absolute Gasteiger partial charge is 0.163 e. The molecule has 1 aromatic carbocycles. The Labute approximate surface area is 122 Å². The van der Waals surface area contributed by atoms with Crippen LogP contribution in [0.5, 0.6) is 11.5 Å². The molecule has 1 saturated carbocycles. The number of rotatable bonds is 6. The van der Waals surface area contributed by atoms with Crippen LogP contribution in [0.1, 0.15) is 45.4 Å². The highest BCUT2D eigenvalue weighted by molar-refractivity contribution is 5.54. The van der Waals surface area contributed by atoms with E-state index in [2.05, 4.69) is 11.4 Å². The number of benzene rings is 1. The van der Waals surface area contributed by atoms with Crippen LogP contribution in [-0.2, 0) is 0 Å². The van der Waals surface area contributed by atoms with Crippen LogP contribution in [-0.4, -0.2) is 20.3 Å². The number of hydrogen-bond acceptors (Lipinski definition) is 3. The third-order valence-electron chi connectivity index (χ3n) is 4.03. The van der Waals surface area contributed by atoms with Gasteiger partial charge >= 0.3 is 0 Å². The van der Waals surface area contributed by atoms with E-state index < -0.39 is 0 Å². The van der Waals surface area contributed by atoms with Crippen molar-refractivity contribution >= 4 is 5.69 Å². The molecule has 1 aliphatic rings. The topological polar surface area (TPSA) is 30.5 Å². The second-order valence-electron chi connectivity index (χ2n) is 5.54. The van der Waals surface area contributed by atoms with Crippen molar-refractivity contribution in [2.24, 2.45) is 5.92 Å². The maximum Gasteiger partial charge on any atom is 0.163 e. The molecular formula is C17H27NO2. The Bertz CT molecular complexity index is 398. The Morgan fingerprint density at radius 3 is 2.50 bits per heavy atom. The van der Waals surface area contributed by atoms with Gasteiger partial charge < -0.3 is 14.8 Å². The van der Waals surface area contributed by atoms with E-state index in [4.69, 9.17) is 9.47 Å². The molecule has 1 aromatic rings. The van der Waals surface area contributed by atoms with Crippen molar-refractivity contribution in [3.63, 3.8) is 0 Å². The van der Waals surface area contributed by atoms with Gasteiger partial charge in [-0.15, -0.1) is 0 Å². The van der Waals surface area contributed by atoms with Gasteiger partial charge in [-0.3, -0.25) is 0 Å². The monoisotopic (exact) mass is 277 g/mol. The lowest BCUT2D eigenvalue weighted by Crippen LogP contribution is -2.13. The summed E-state index contributed by atoms with van der Waals surface area (Å²) in [6.45, 7) is 3.71. The zero-order valence-electron chi connectivity index (χ0n) is 12.8. The van der Waals surface area contributed by atoms with Gasteiger partial charge in [0.05, 0.1) is 13.7 Å². The molecule has 0 atom stereocenters. The van der Waals surface area contributed by atoms with Gasteiger partial charge in [0, 0.05) is 18.3 Å². The molecule has 0 amide bonds. The Balaban J connectivity index is 1.93. The van der Waals surface area contributed by atoms with E-state index in [1.54, 1.807) is 7.11 Å². The lowest BCUT2D eigenvalue weighted by atomic mass is 10.0. The minimum atomic E-state index is 0.655. The van der Waals surface area contributed by atoms with Crippen LogP contribution in [0.25, 0.3) is 0 Å². The highest BCUT2D eigenvalue weighted by atomic mass is 16.5. The molecule has 0 saturated heterocycles. The minimum Gasteiger partial charge on any atom is -0.493 e. The number of nitrogens with one attached hydrogen (secondary N) is 1. The van der Waals surface area contributed by atoms with E-state index in [-0.39, 0.29) is 0 Å². The summed E-state index contributed by atoms with van der Waals surface area (Å²) in [4.78, 5) is 0. The summed E-state index contributed by atoms with van der Waals surface area (Å²) in [7, 11) is 1.68. The Morgan fingerprint density at radius 2 is 1.85 bits per heavy atom. The first-order valence-electron chi connectivity index (χ1n) is 7.88. The van der Waals surface area contributed by atoms with Gasteiger partial charge in [0.2, 0.25) is 0 Å². The molecular weight excluding hydrogens is 250 g/mol. The molecule has 20 heavy (non-hydrogen) atoms. The third-order valence-corrected chi connectivity index (χ3v) is 4.03. The van der Waals surface area contributed by atoms with E-state index in [0.29, 0.717) is 6.61 Å². The van der Waals surface area contributed by atoms with Crippen molar-refractivity contribution in [3.8, 4) is 11.5 Å². The third kappa shape index (κ3) is 4.32. The largest absolute Gasteiger partial charge is 0.493 e. The quantitative estimate of drug-likeness (QED) is 0.778. The van der Waals surface area contributed by atoms with Crippen molar-refractivity contribution in [1.82, 2.24) is 0 Å². The molecule has 2 rings (SSSR count). The fourth-order valence-corrected chi connectivity index (χ4v) is 2.89. The molecule has 0 aromatic heterocycles. The lowest BCUT2D eigenvalue weighted by Gasteiger charge is -2.17. The van der Waals surface area contributed by atoms with Crippen molar-refractivity contribution in [3.05, 3.63) is 18.2 Å². The molecule has 0 radical (unpaired) electrons. The van der Waals surface area contributed by atoms with Crippen LogP contribution in [0.3, 0.4) is 0 Å². The van der Waals surface area contributed by atoms with Gasteiger partial charge in [0.1, 0.15) is 0 Å². The Hall–Kier alpha value is -1.38. The molecule has 1 fully saturated rings. The maximum absolute atomic E-state index is 5.62. The molecule has 3 heteroatoms. The molecule has 3 nitrogen and oxygen atoms in total. The predicted octanol–water partition coefficient (Wildman–Crippen LogP) is 4.48. The van der Waals surface area contributed by atoms with Gasteiger partial charge in [-0.05, 0) is 37.8 Å². The zero-order chi connectivity index (χ0) is 14.2.